The zero-order chi connectivity index (χ0) is 12.7. The number of rotatable bonds is 8. The van der Waals surface area contributed by atoms with Crippen LogP contribution >= 0.6 is 0 Å². The van der Waals surface area contributed by atoms with E-state index in [0.29, 0.717) is 0 Å². The Labute approximate surface area is 106 Å². The monoisotopic (exact) mass is 237 g/mol. The maximum absolute atomic E-state index is 4.22. The number of aromatic nitrogens is 2. The second kappa shape index (κ2) is 7.49. The Morgan fingerprint density at radius 1 is 1.41 bits per heavy atom. The van der Waals surface area contributed by atoms with Gasteiger partial charge in [0, 0.05) is 13.2 Å². The summed E-state index contributed by atoms with van der Waals surface area (Å²) in [5.74, 6) is 1.51. The minimum Gasteiger partial charge on any atom is -0.316 e. The largest absolute Gasteiger partial charge is 0.316 e. The van der Waals surface area contributed by atoms with Crippen molar-refractivity contribution in [3.05, 3.63) is 18.0 Å². The number of hydrogen-bond donors (Lipinski definition) is 1. The Balaban J connectivity index is 2.33. The van der Waals surface area contributed by atoms with Gasteiger partial charge in [0.05, 0.1) is 6.20 Å². The minimum atomic E-state index is 0.746. The van der Waals surface area contributed by atoms with Crippen LogP contribution in [0.15, 0.2) is 12.4 Å². The smallest absolute Gasteiger partial charge is 0.0521 e. The SMILES string of the molecule is CCCNCC(CCc1cnn(C)c1)C(C)C. The average molecular weight is 237 g/mol. The molecule has 0 aliphatic heterocycles. The van der Waals surface area contributed by atoms with Crippen LogP contribution in [-0.2, 0) is 13.5 Å². The Morgan fingerprint density at radius 2 is 2.18 bits per heavy atom. The molecular weight excluding hydrogens is 210 g/mol. The van der Waals surface area contributed by atoms with Crippen LogP contribution in [0.2, 0.25) is 0 Å². The number of aryl methyl sites for hydroxylation is 2. The van der Waals surface area contributed by atoms with E-state index in [1.165, 1.54) is 18.4 Å². The third kappa shape index (κ3) is 5.35. The summed E-state index contributed by atoms with van der Waals surface area (Å²) in [7, 11) is 1.98. The van der Waals surface area contributed by atoms with Gasteiger partial charge in [0.25, 0.3) is 0 Å². The van der Waals surface area contributed by atoms with E-state index in [1.807, 2.05) is 17.9 Å². The molecule has 1 unspecified atom stereocenters. The highest BCUT2D eigenvalue weighted by atomic mass is 15.2. The van der Waals surface area contributed by atoms with Crippen molar-refractivity contribution in [2.45, 2.75) is 40.0 Å². The molecule has 98 valence electrons. The molecule has 0 aromatic carbocycles. The molecule has 1 atom stereocenters. The molecule has 1 rings (SSSR count). The van der Waals surface area contributed by atoms with Gasteiger partial charge < -0.3 is 5.32 Å². The van der Waals surface area contributed by atoms with Crippen molar-refractivity contribution in [3.63, 3.8) is 0 Å². The van der Waals surface area contributed by atoms with Crippen LogP contribution in [-0.4, -0.2) is 22.9 Å². The van der Waals surface area contributed by atoms with E-state index < -0.39 is 0 Å². The van der Waals surface area contributed by atoms with Crippen LogP contribution in [0.1, 0.15) is 39.2 Å². The van der Waals surface area contributed by atoms with Gasteiger partial charge in [-0.15, -0.1) is 0 Å². The average Bonchev–Trinajstić information content (AvgIpc) is 2.69. The normalized spacial score (nSPS) is 13.2. The van der Waals surface area contributed by atoms with Crippen molar-refractivity contribution >= 4 is 0 Å². The topological polar surface area (TPSA) is 29.9 Å². The lowest BCUT2D eigenvalue weighted by Gasteiger charge is -2.21. The Kier molecular flexibility index (Phi) is 6.27. The lowest BCUT2D eigenvalue weighted by molar-refractivity contribution is 0.341. The molecule has 0 saturated heterocycles. The predicted molar refractivity (Wildman–Crippen MR) is 73.0 cm³/mol. The molecule has 17 heavy (non-hydrogen) atoms. The van der Waals surface area contributed by atoms with Gasteiger partial charge in [-0.25, -0.2) is 0 Å². The first-order chi connectivity index (χ1) is 8.13. The maximum Gasteiger partial charge on any atom is 0.0521 e. The molecular formula is C14H27N3. The van der Waals surface area contributed by atoms with Crippen LogP contribution in [0.4, 0.5) is 0 Å². The molecule has 0 bridgehead atoms. The highest BCUT2D eigenvalue weighted by Crippen LogP contribution is 2.17. The maximum atomic E-state index is 4.22. The summed E-state index contributed by atoms with van der Waals surface area (Å²) < 4.78 is 1.88. The van der Waals surface area contributed by atoms with Crippen molar-refractivity contribution in [1.82, 2.24) is 15.1 Å². The molecule has 1 aromatic heterocycles. The van der Waals surface area contributed by atoms with E-state index in [1.54, 1.807) is 0 Å². The van der Waals surface area contributed by atoms with Crippen LogP contribution in [0.5, 0.6) is 0 Å². The highest BCUT2D eigenvalue weighted by molar-refractivity contribution is 5.03. The van der Waals surface area contributed by atoms with E-state index in [2.05, 4.69) is 37.4 Å². The Hall–Kier alpha value is -0.830. The molecule has 0 saturated carbocycles. The molecule has 0 radical (unpaired) electrons. The molecule has 0 amide bonds. The van der Waals surface area contributed by atoms with E-state index in [4.69, 9.17) is 0 Å². The summed E-state index contributed by atoms with van der Waals surface area (Å²) in [6.07, 6.45) is 7.71. The molecule has 1 N–H and O–H groups in total. The summed E-state index contributed by atoms with van der Waals surface area (Å²) in [5, 5.41) is 7.75. The molecule has 3 heteroatoms. The van der Waals surface area contributed by atoms with Crippen LogP contribution in [0.25, 0.3) is 0 Å². The summed E-state index contributed by atoms with van der Waals surface area (Å²) in [6, 6.07) is 0. The van der Waals surface area contributed by atoms with Gasteiger partial charge in [-0.2, -0.15) is 5.10 Å². The fourth-order valence-corrected chi connectivity index (χ4v) is 2.09. The number of hydrogen-bond acceptors (Lipinski definition) is 2. The van der Waals surface area contributed by atoms with Gasteiger partial charge in [0.15, 0.2) is 0 Å². The third-order valence-electron chi connectivity index (χ3n) is 3.34. The molecule has 0 aliphatic rings. The number of nitrogens with one attached hydrogen (secondary N) is 1. The molecule has 0 aliphatic carbocycles. The summed E-state index contributed by atoms with van der Waals surface area (Å²) in [4.78, 5) is 0. The van der Waals surface area contributed by atoms with E-state index >= 15 is 0 Å². The predicted octanol–water partition coefficient (Wildman–Crippen LogP) is 2.62. The molecule has 3 nitrogen and oxygen atoms in total. The van der Waals surface area contributed by atoms with E-state index in [9.17, 15) is 0 Å². The minimum absolute atomic E-state index is 0.746. The second-order valence-corrected chi connectivity index (χ2v) is 5.27. The quantitative estimate of drug-likeness (QED) is 0.704. The Bertz CT molecular complexity index is 304. The first kappa shape index (κ1) is 14.2. The zero-order valence-corrected chi connectivity index (χ0v) is 11.7. The van der Waals surface area contributed by atoms with Crippen molar-refractivity contribution in [3.8, 4) is 0 Å². The Morgan fingerprint density at radius 3 is 2.71 bits per heavy atom. The van der Waals surface area contributed by atoms with E-state index in [-0.39, 0.29) is 0 Å². The third-order valence-corrected chi connectivity index (χ3v) is 3.34. The highest BCUT2D eigenvalue weighted by Gasteiger charge is 2.13. The lowest BCUT2D eigenvalue weighted by Crippen LogP contribution is -2.27. The lowest BCUT2D eigenvalue weighted by atomic mass is 9.90. The van der Waals surface area contributed by atoms with Crippen LogP contribution in [0, 0.1) is 11.8 Å². The van der Waals surface area contributed by atoms with E-state index in [0.717, 1.165) is 31.3 Å². The number of nitrogens with zero attached hydrogens (tertiary/aromatic N) is 2. The van der Waals surface area contributed by atoms with Crippen molar-refractivity contribution in [1.29, 1.82) is 0 Å². The molecule has 0 spiro atoms. The molecule has 1 aromatic rings. The summed E-state index contributed by atoms with van der Waals surface area (Å²) in [6.45, 7) is 9.14. The van der Waals surface area contributed by atoms with Crippen molar-refractivity contribution in [2.75, 3.05) is 13.1 Å². The van der Waals surface area contributed by atoms with Gasteiger partial charge in [0.2, 0.25) is 0 Å². The van der Waals surface area contributed by atoms with Gasteiger partial charge in [-0.05, 0) is 49.8 Å². The van der Waals surface area contributed by atoms with Crippen LogP contribution in [0.3, 0.4) is 0 Å². The zero-order valence-electron chi connectivity index (χ0n) is 11.7. The van der Waals surface area contributed by atoms with Gasteiger partial charge in [-0.3, -0.25) is 4.68 Å². The molecule has 0 fully saturated rings. The fraction of sp³-hybridized carbons (Fsp3) is 0.786. The summed E-state index contributed by atoms with van der Waals surface area (Å²) >= 11 is 0. The standard InChI is InChI=1S/C14H27N3/c1-5-8-15-10-14(12(2)3)7-6-13-9-16-17(4)11-13/h9,11-12,14-15H,5-8,10H2,1-4H3. The van der Waals surface area contributed by atoms with Crippen molar-refractivity contribution < 1.29 is 0 Å². The van der Waals surface area contributed by atoms with Gasteiger partial charge in [0.1, 0.15) is 0 Å². The second-order valence-electron chi connectivity index (χ2n) is 5.27. The molecule has 1 heterocycles. The first-order valence-corrected chi connectivity index (χ1v) is 6.81. The van der Waals surface area contributed by atoms with Gasteiger partial charge >= 0.3 is 0 Å². The van der Waals surface area contributed by atoms with Crippen LogP contribution < -0.4 is 5.32 Å². The van der Waals surface area contributed by atoms with Crippen molar-refractivity contribution in [2.24, 2.45) is 18.9 Å². The van der Waals surface area contributed by atoms with Gasteiger partial charge in [-0.1, -0.05) is 20.8 Å². The summed E-state index contributed by atoms with van der Waals surface area (Å²) in [5.41, 5.74) is 1.36. The first-order valence-electron chi connectivity index (χ1n) is 6.81. The fourth-order valence-electron chi connectivity index (χ4n) is 2.09.